The predicted molar refractivity (Wildman–Crippen MR) is 80.1 cm³/mol. The van der Waals surface area contributed by atoms with E-state index in [4.69, 9.17) is 27.4 Å². The Kier molecular flexibility index (Phi) is 4.99. The molecule has 0 atom stereocenters. The van der Waals surface area contributed by atoms with Crippen LogP contribution < -0.4 is 15.2 Å². The summed E-state index contributed by atoms with van der Waals surface area (Å²) in [5.74, 6) is 1.41. The van der Waals surface area contributed by atoms with Crippen LogP contribution in [0.5, 0.6) is 11.5 Å². The van der Waals surface area contributed by atoms with Crippen molar-refractivity contribution >= 4 is 17.2 Å². The van der Waals surface area contributed by atoms with E-state index in [-0.39, 0.29) is 0 Å². The van der Waals surface area contributed by atoms with Crippen LogP contribution in [0.3, 0.4) is 0 Å². The number of methoxy groups -OCH3 is 1. The molecule has 4 nitrogen and oxygen atoms in total. The molecule has 1 heterocycles. The third kappa shape index (κ3) is 3.81. The van der Waals surface area contributed by atoms with Gasteiger partial charge in [0.1, 0.15) is 11.6 Å². The Bertz CT molecular complexity index is 445. The molecular formula is C14H20N2O2S. The van der Waals surface area contributed by atoms with Crippen molar-refractivity contribution in [2.45, 2.75) is 12.8 Å². The topological polar surface area (TPSA) is 47.7 Å². The van der Waals surface area contributed by atoms with Crippen molar-refractivity contribution in [1.29, 1.82) is 0 Å². The van der Waals surface area contributed by atoms with Crippen LogP contribution in [0.1, 0.15) is 18.4 Å². The van der Waals surface area contributed by atoms with Crippen LogP contribution >= 0.6 is 12.2 Å². The maximum absolute atomic E-state index is 5.77. The molecule has 0 saturated carbocycles. The fourth-order valence-electron chi connectivity index (χ4n) is 2.23. The molecule has 1 aromatic carbocycles. The highest BCUT2D eigenvalue weighted by Crippen LogP contribution is 2.28. The molecule has 0 bridgehead atoms. The number of thiocarbonyl (C=S) groups is 1. The zero-order valence-corrected chi connectivity index (χ0v) is 12.0. The molecule has 0 aliphatic carbocycles. The molecule has 2 N–H and O–H groups in total. The van der Waals surface area contributed by atoms with Crippen LogP contribution in [0.15, 0.2) is 18.2 Å². The van der Waals surface area contributed by atoms with E-state index in [1.165, 1.54) is 25.9 Å². The first kappa shape index (κ1) is 14.1. The predicted octanol–water partition coefficient (Wildman–Crippen LogP) is 1.80. The summed E-state index contributed by atoms with van der Waals surface area (Å²) in [5, 5.41) is 0. The summed E-state index contributed by atoms with van der Waals surface area (Å²) >= 11 is 4.95. The van der Waals surface area contributed by atoms with E-state index in [1.54, 1.807) is 7.11 Å². The zero-order valence-electron chi connectivity index (χ0n) is 11.2. The molecular weight excluding hydrogens is 260 g/mol. The van der Waals surface area contributed by atoms with Crippen molar-refractivity contribution in [3.8, 4) is 11.5 Å². The summed E-state index contributed by atoms with van der Waals surface area (Å²) < 4.78 is 11.1. The molecule has 0 unspecified atom stereocenters. The van der Waals surface area contributed by atoms with Crippen LogP contribution in [0.25, 0.3) is 0 Å². The van der Waals surface area contributed by atoms with Gasteiger partial charge in [-0.3, -0.25) is 4.90 Å². The Morgan fingerprint density at radius 1 is 1.32 bits per heavy atom. The summed E-state index contributed by atoms with van der Waals surface area (Å²) in [7, 11) is 1.62. The average molecular weight is 280 g/mol. The fraction of sp³-hybridized carbons (Fsp3) is 0.500. The van der Waals surface area contributed by atoms with Crippen molar-refractivity contribution in [1.82, 2.24) is 4.90 Å². The monoisotopic (exact) mass is 280 g/mol. The summed E-state index contributed by atoms with van der Waals surface area (Å²) in [4.78, 5) is 2.78. The maximum Gasteiger partial charge on any atom is 0.161 e. The summed E-state index contributed by atoms with van der Waals surface area (Å²) in [6.07, 6.45) is 2.60. The van der Waals surface area contributed by atoms with E-state index in [0.29, 0.717) is 17.3 Å². The van der Waals surface area contributed by atoms with Gasteiger partial charge in [0.25, 0.3) is 0 Å². The van der Waals surface area contributed by atoms with Crippen LogP contribution in [-0.2, 0) is 0 Å². The molecule has 104 valence electrons. The first-order valence-corrected chi connectivity index (χ1v) is 6.94. The van der Waals surface area contributed by atoms with Gasteiger partial charge in [-0.25, -0.2) is 0 Å². The van der Waals surface area contributed by atoms with Crippen molar-refractivity contribution in [2.24, 2.45) is 5.73 Å². The van der Waals surface area contributed by atoms with E-state index >= 15 is 0 Å². The van der Waals surface area contributed by atoms with Gasteiger partial charge in [-0.05, 0) is 44.1 Å². The molecule has 1 aromatic rings. The lowest BCUT2D eigenvalue weighted by Gasteiger charge is -2.16. The molecule has 2 rings (SSSR count). The highest BCUT2D eigenvalue weighted by molar-refractivity contribution is 7.80. The van der Waals surface area contributed by atoms with Gasteiger partial charge in [0.05, 0.1) is 7.11 Å². The second-order valence-electron chi connectivity index (χ2n) is 4.63. The van der Waals surface area contributed by atoms with E-state index in [1.807, 2.05) is 18.2 Å². The molecule has 1 fully saturated rings. The number of likely N-dealkylation sites (tertiary alicyclic amines) is 1. The number of hydrogen-bond donors (Lipinski definition) is 1. The van der Waals surface area contributed by atoms with Gasteiger partial charge in [0.15, 0.2) is 11.5 Å². The smallest absolute Gasteiger partial charge is 0.161 e. The van der Waals surface area contributed by atoms with Gasteiger partial charge in [0, 0.05) is 12.1 Å². The number of benzene rings is 1. The number of nitrogens with two attached hydrogens (primary N) is 1. The van der Waals surface area contributed by atoms with E-state index in [2.05, 4.69) is 4.90 Å². The molecule has 5 heteroatoms. The SMILES string of the molecule is COc1cc(C(N)=S)ccc1OCCN1CCCC1. The van der Waals surface area contributed by atoms with Crippen molar-refractivity contribution in [3.05, 3.63) is 23.8 Å². The van der Waals surface area contributed by atoms with E-state index < -0.39 is 0 Å². The highest BCUT2D eigenvalue weighted by Gasteiger charge is 2.12. The highest BCUT2D eigenvalue weighted by atomic mass is 32.1. The third-order valence-corrected chi connectivity index (χ3v) is 3.55. The normalized spacial score (nSPS) is 15.4. The zero-order chi connectivity index (χ0) is 13.7. The number of hydrogen-bond acceptors (Lipinski definition) is 4. The molecule has 1 aliphatic rings. The minimum atomic E-state index is 0.363. The van der Waals surface area contributed by atoms with Crippen molar-refractivity contribution < 1.29 is 9.47 Å². The van der Waals surface area contributed by atoms with Gasteiger partial charge in [-0.1, -0.05) is 12.2 Å². The number of rotatable bonds is 6. The molecule has 0 radical (unpaired) electrons. The second-order valence-corrected chi connectivity index (χ2v) is 5.07. The maximum atomic E-state index is 5.77. The van der Waals surface area contributed by atoms with Gasteiger partial charge in [0.2, 0.25) is 0 Å². The average Bonchev–Trinajstić information content (AvgIpc) is 2.92. The van der Waals surface area contributed by atoms with Gasteiger partial charge < -0.3 is 15.2 Å². The Labute approximate surface area is 119 Å². The quantitative estimate of drug-likeness (QED) is 0.805. The Morgan fingerprint density at radius 3 is 2.68 bits per heavy atom. The second kappa shape index (κ2) is 6.73. The summed E-state index contributed by atoms with van der Waals surface area (Å²) in [6, 6.07) is 5.53. The van der Waals surface area contributed by atoms with Gasteiger partial charge >= 0.3 is 0 Å². The molecule has 0 spiro atoms. The number of ether oxygens (including phenoxy) is 2. The molecule has 0 amide bonds. The molecule has 0 aromatic heterocycles. The summed E-state index contributed by atoms with van der Waals surface area (Å²) in [5.41, 5.74) is 6.39. The van der Waals surface area contributed by atoms with Crippen LogP contribution in [0.4, 0.5) is 0 Å². The van der Waals surface area contributed by atoms with Crippen LogP contribution in [-0.4, -0.2) is 43.2 Å². The third-order valence-electron chi connectivity index (χ3n) is 3.31. The largest absolute Gasteiger partial charge is 0.493 e. The van der Waals surface area contributed by atoms with E-state index in [9.17, 15) is 0 Å². The molecule has 1 saturated heterocycles. The Morgan fingerprint density at radius 2 is 2.05 bits per heavy atom. The van der Waals surface area contributed by atoms with Crippen LogP contribution in [0.2, 0.25) is 0 Å². The minimum absolute atomic E-state index is 0.363. The van der Waals surface area contributed by atoms with Gasteiger partial charge in [-0.2, -0.15) is 0 Å². The fourth-order valence-corrected chi connectivity index (χ4v) is 2.36. The molecule has 1 aliphatic heterocycles. The first-order valence-electron chi connectivity index (χ1n) is 6.53. The lowest BCUT2D eigenvalue weighted by atomic mass is 10.2. The minimum Gasteiger partial charge on any atom is -0.493 e. The van der Waals surface area contributed by atoms with Crippen LogP contribution in [0, 0.1) is 0 Å². The van der Waals surface area contributed by atoms with Crippen molar-refractivity contribution in [3.63, 3.8) is 0 Å². The number of nitrogens with zero attached hydrogens (tertiary/aromatic N) is 1. The Hall–Kier alpha value is -1.33. The lowest BCUT2D eigenvalue weighted by molar-refractivity contribution is 0.230. The lowest BCUT2D eigenvalue weighted by Crippen LogP contribution is -2.25. The standard InChI is InChI=1S/C14H20N2O2S/c1-17-13-10-11(14(15)19)4-5-12(13)18-9-8-16-6-2-3-7-16/h4-5,10H,2-3,6-9H2,1H3,(H2,15,19). The molecule has 19 heavy (non-hydrogen) atoms. The van der Waals surface area contributed by atoms with E-state index in [0.717, 1.165) is 17.9 Å². The van der Waals surface area contributed by atoms with Gasteiger partial charge in [-0.15, -0.1) is 0 Å². The summed E-state index contributed by atoms with van der Waals surface area (Å²) in [6.45, 7) is 3.99. The van der Waals surface area contributed by atoms with Crippen molar-refractivity contribution in [2.75, 3.05) is 33.4 Å². The first-order chi connectivity index (χ1) is 9.20. The Balaban J connectivity index is 1.93.